The lowest BCUT2D eigenvalue weighted by Crippen LogP contribution is -1.95. The highest BCUT2D eigenvalue weighted by molar-refractivity contribution is 9.10. The van der Waals surface area contributed by atoms with E-state index in [2.05, 4.69) is 20.9 Å². The van der Waals surface area contributed by atoms with Crippen LogP contribution in [0.25, 0.3) is 0 Å². The van der Waals surface area contributed by atoms with Crippen molar-refractivity contribution in [3.8, 4) is 11.6 Å². The molecule has 1 aromatic heterocycles. The highest BCUT2D eigenvalue weighted by Crippen LogP contribution is 2.31. The molecule has 92 valence electrons. The highest BCUT2D eigenvalue weighted by Gasteiger charge is 2.06. The fourth-order valence-corrected chi connectivity index (χ4v) is 2.12. The van der Waals surface area contributed by atoms with E-state index in [9.17, 15) is 4.79 Å². The SMILES string of the molecule is CC(=O)c1ccnc(Oc2ccc(Cl)cc2Br)c1. The predicted octanol–water partition coefficient (Wildman–Crippen LogP) is 4.49. The second kappa shape index (κ2) is 5.50. The summed E-state index contributed by atoms with van der Waals surface area (Å²) in [6.07, 6.45) is 1.54. The molecular weight excluding hydrogens is 318 g/mol. The maximum absolute atomic E-state index is 11.3. The molecule has 0 aliphatic rings. The van der Waals surface area contributed by atoms with Gasteiger partial charge in [-0.15, -0.1) is 0 Å². The minimum atomic E-state index is -0.0302. The predicted molar refractivity (Wildman–Crippen MR) is 73.5 cm³/mol. The first-order chi connectivity index (χ1) is 8.56. The van der Waals surface area contributed by atoms with Gasteiger partial charge in [0.1, 0.15) is 5.75 Å². The summed E-state index contributed by atoms with van der Waals surface area (Å²) < 4.78 is 6.31. The zero-order chi connectivity index (χ0) is 13.1. The number of aromatic nitrogens is 1. The quantitative estimate of drug-likeness (QED) is 0.780. The van der Waals surface area contributed by atoms with E-state index in [1.165, 1.54) is 13.1 Å². The van der Waals surface area contributed by atoms with Crippen molar-refractivity contribution < 1.29 is 9.53 Å². The molecule has 0 N–H and O–H groups in total. The fourth-order valence-electron chi connectivity index (χ4n) is 1.35. The monoisotopic (exact) mass is 325 g/mol. The van der Waals surface area contributed by atoms with Gasteiger partial charge in [-0.05, 0) is 47.1 Å². The van der Waals surface area contributed by atoms with Gasteiger partial charge < -0.3 is 4.74 Å². The van der Waals surface area contributed by atoms with Crippen LogP contribution in [0.4, 0.5) is 0 Å². The Morgan fingerprint density at radius 3 is 2.78 bits per heavy atom. The molecule has 0 amide bonds. The van der Waals surface area contributed by atoms with Gasteiger partial charge in [-0.25, -0.2) is 4.98 Å². The first-order valence-corrected chi connectivity index (χ1v) is 6.33. The van der Waals surface area contributed by atoms with Crippen molar-refractivity contribution in [3.05, 3.63) is 51.6 Å². The van der Waals surface area contributed by atoms with Crippen LogP contribution in [-0.2, 0) is 0 Å². The Bertz CT molecular complexity index is 601. The number of pyridine rings is 1. The molecule has 0 radical (unpaired) electrons. The zero-order valence-electron chi connectivity index (χ0n) is 9.48. The van der Waals surface area contributed by atoms with Gasteiger partial charge in [-0.3, -0.25) is 4.79 Å². The number of ether oxygens (including phenoxy) is 1. The first kappa shape index (κ1) is 13.1. The third kappa shape index (κ3) is 3.09. The van der Waals surface area contributed by atoms with Crippen LogP contribution >= 0.6 is 27.5 Å². The number of hydrogen-bond acceptors (Lipinski definition) is 3. The summed E-state index contributed by atoms with van der Waals surface area (Å²) in [5.41, 5.74) is 0.560. The fraction of sp³-hybridized carbons (Fsp3) is 0.0769. The minimum absolute atomic E-state index is 0.0302. The van der Waals surface area contributed by atoms with Crippen molar-refractivity contribution in [2.75, 3.05) is 0 Å². The number of hydrogen-bond donors (Lipinski definition) is 0. The maximum Gasteiger partial charge on any atom is 0.219 e. The number of carbonyl (C=O) groups is 1. The molecule has 0 saturated heterocycles. The van der Waals surface area contributed by atoms with Crippen LogP contribution in [-0.4, -0.2) is 10.8 Å². The molecule has 0 aliphatic heterocycles. The summed E-state index contributed by atoms with van der Waals surface area (Å²) >= 11 is 9.19. The molecule has 3 nitrogen and oxygen atoms in total. The normalized spacial score (nSPS) is 10.2. The topological polar surface area (TPSA) is 39.2 Å². The van der Waals surface area contributed by atoms with E-state index in [0.29, 0.717) is 22.2 Å². The highest BCUT2D eigenvalue weighted by atomic mass is 79.9. The number of nitrogens with zero attached hydrogens (tertiary/aromatic N) is 1. The van der Waals surface area contributed by atoms with Crippen LogP contribution in [0, 0.1) is 0 Å². The Labute approximate surface area is 118 Å². The van der Waals surface area contributed by atoms with E-state index in [1.54, 1.807) is 30.3 Å². The number of benzene rings is 1. The second-order valence-electron chi connectivity index (χ2n) is 3.62. The Balaban J connectivity index is 2.28. The third-order valence-electron chi connectivity index (χ3n) is 2.25. The number of ketones is 1. The molecule has 2 aromatic rings. The van der Waals surface area contributed by atoms with Crippen LogP contribution < -0.4 is 4.74 Å². The van der Waals surface area contributed by atoms with E-state index in [1.807, 2.05) is 0 Å². The van der Waals surface area contributed by atoms with Crippen molar-refractivity contribution in [2.24, 2.45) is 0 Å². The van der Waals surface area contributed by atoms with Crippen LogP contribution in [0.15, 0.2) is 41.0 Å². The number of carbonyl (C=O) groups excluding carboxylic acids is 1. The van der Waals surface area contributed by atoms with Crippen LogP contribution in [0.3, 0.4) is 0 Å². The molecule has 0 atom stereocenters. The molecule has 0 spiro atoms. The van der Waals surface area contributed by atoms with Gasteiger partial charge in [-0.2, -0.15) is 0 Å². The average molecular weight is 327 g/mol. The molecule has 1 aromatic carbocycles. The zero-order valence-corrected chi connectivity index (χ0v) is 11.8. The molecule has 0 bridgehead atoms. The van der Waals surface area contributed by atoms with Gasteiger partial charge in [-0.1, -0.05) is 11.6 Å². The third-order valence-corrected chi connectivity index (χ3v) is 3.10. The summed E-state index contributed by atoms with van der Waals surface area (Å²) in [5, 5.41) is 0.611. The summed E-state index contributed by atoms with van der Waals surface area (Å²) in [4.78, 5) is 15.3. The van der Waals surface area contributed by atoms with E-state index in [0.717, 1.165) is 4.47 Å². The summed E-state index contributed by atoms with van der Waals surface area (Å²) in [6.45, 7) is 1.50. The Morgan fingerprint density at radius 2 is 2.11 bits per heavy atom. The van der Waals surface area contributed by atoms with E-state index in [4.69, 9.17) is 16.3 Å². The van der Waals surface area contributed by atoms with Crippen LogP contribution in [0.2, 0.25) is 5.02 Å². The van der Waals surface area contributed by atoms with E-state index < -0.39 is 0 Å². The summed E-state index contributed by atoms with van der Waals surface area (Å²) in [5.74, 6) is 0.927. The molecule has 5 heteroatoms. The Hall–Kier alpha value is -1.39. The first-order valence-electron chi connectivity index (χ1n) is 5.16. The van der Waals surface area contributed by atoms with Crippen molar-refractivity contribution in [3.63, 3.8) is 0 Å². The molecule has 0 unspecified atom stereocenters. The standard InChI is InChI=1S/C13H9BrClNO2/c1-8(17)9-4-5-16-13(6-9)18-12-3-2-10(15)7-11(12)14/h2-7H,1H3. The van der Waals surface area contributed by atoms with Crippen molar-refractivity contribution in [1.29, 1.82) is 0 Å². The van der Waals surface area contributed by atoms with Crippen molar-refractivity contribution in [2.45, 2.75) is 6.92 Å². The lowest BCUT2D eigenvalue weighted by Gasteiger charge is -2.07. The summed E-state index contributed by atoms with van der Waals surface area (Å²) in [6, 6.07) is 8.42. The molecule has 18 heavy (non-hydrogen) atoms. The summed E-state index contributed by atoms with van der Waals surface area (Å²) in [7, 11) is 0. The van der Waals surface area contributed by atoms with E-state index >= 15 is 0 Å². The van der Waals surface area contributed by atoms with Gasteiger partial charge in [0.2, 0.25) is 5.88 Å². The van der Waals surface area contributed by atoms with Gasteiger partial charge >= 0.3 is 0 Å². The second-order valence-corrected chi connectivity index (χ2v) is 4.91. The number of Topliss-reactive ketones (excluding diaryl/α,β-unsaturated/α-hetero) is 1. The molecule has 0 saturated carbocycles. The maximum atomic E-state index is 11.3. The Kier molecular flexibility index (Phi) is 3.99. The van der Waals surface area contributed by atoms with Gasteiger partial charge in [0.15, 0.2) is 5.78 Å². The van der Waals surface area contributed by atoms with Crippen LogP contribution in [0.1, 0.15) is 17.3 Å². The smallest absolute Gasteiger partial charge is 0.219 e. The van der Waals surface area contributed by atoms with Gasteiger partial charge in [0, 0.05) is 22.8 Å². The molecule has 1 heterocycles. The van der Waals surface area contributed by atoms with Gasteiger partial charge in [0.25, 0.3) is 0 Å². The lowest BCUT2D eigenvalue weighted by molar-refractivity contribution is 0.101. The number of halogens is 2. The van der Waals surface area contributed by atoms with E-state index in [-0.39, 0.29) is 5.78 Å². The Morgan fingerprint density at radius 1 is 1.33 bits per heavy atom. The average Bonchev–Trinajstić information content (AvgIpc) is 2.33. The molecule has 0 fully saturated rings. The van der Waals surface area contributed by atoms with Crippen molar-refractivity contribution >= 4 is 33.3 Å². The van der Waals surface area contributed by atoms with Crippen LogP contribution in [0.5, 0.6) is 11.6 Å². The lowest BCUT2D eigenvalue weighted by atomic mass is 10.2. The van der Waals surface area contributed by atoms with Crippen molar-refractivity contribution in [1.82, 2.24) is 4.98 Å². The minimum Gasteiger partial charge on any atom is -0.438 e. The molecule has 2 rings (SSSR count). The largest absolute Gasteiger partial charge is 0.438 e. The van der Waals surface area contributed by atoms with Gasteiger partial charge in [0.05, 0.1) is 4.47 Å². The molecular formula is C13H9BrClNO2. The number of rotatable bonds is 3. The molecule has 0 aliphatic carbocycles.